The Bertz CT molecular complexity index is 813. The molecule has 0 amide bonds. The van der Waals surface area contributed by atoms with E-state index in [1.807, 2.05) is 42.5 Å². The van der Waals surface area contributed by atoms with E-state index in [-0.39, 0.29) is 12.8 Å². The molecule has 0 radical (unpaired) electrons. The van der Waals surface area contributed by atoms with Crippen molar-refractivity contribution in [1.29, 1.82) is 0 Å². The standard InChI is InChI=1S/C17H16N2O3/c1-11(12-6-4-8-16-17(12)21-10-20-16)18-9-14-13-5-2-3-7-15(13)22-19-14/h2-8,11,18H,9-10H2,1H3. The minimum absolute atomic E-state index is 0.118. The van der Waals surface area contributed by atoms with Crippen LogP contribution in [-0.2, 0) is 6.54 Å². The molecule has 2 aromatic carbocycles. The number of aromatic nitrogens is 1. The van der Waals surface area contributed by atoms with E-state index < -0.39 is 0 Å². The van der Waals surface area contributed by atoms with E-state index in [1.54, 1.807) is 0 Å². The molecule has 1 atom stereocenters. The van der Waals surface area contributed by atoms with Crippen molar-refractivity contribution in [2.24, 2.45) is 0 Å². The first kappa shape index (κ1) is 13.2. The molecule has 1 aliphatic rings. The lowest BCUT2D eigenvalue weighted by molar-refractivity contribution is 0.173. The highest BCUT2D eigenvalue weighted by Gasteiger charge is 2.21. The van der Waals surface area contributed by atoms with Crippen molar-refractivity contribution in [1.82, 2.24) is 10.5 Å². The maximum Gasteiger partial charge on any atom is 0.231 e. The maximum atomic E-state index is 5.56. The summed E-state index contributed by atoms with van der Waals surface area (Å²) in [4.78, 5) is 0. The van der Waals surface area contributed by atoms with E-state index in [9.17, 15) is 0 Å². The largest absolute Gasteiger partial charge is 0.454 e. The molecule has 0 saturated heterocycles. The molecule has 0 saturated carbocycles. The number of fused-ring (bicyclic) bond motifs is 2. The van der Waals surface area contributed by atoms with Crippen LogP contribution in [0.1, 0.15) is 24.2 Å². The highest BCUT2D eigenvalue weighted by atomic mass is 16.7. The first-order valence-electron chi connectivity index (χ1n) is 7.28. The molecule has 1 aromatic heterocycles. The molecule has 5 heteroatoms. The van der Waals surface area contributed by atoms with Gasteiger partial charge < -0.3 is 19.3 Å². The summed E-state index contributed by atoms with van der Waals surface area (Å²) in [7, 11) is 0. The Morgan fingerprint density at radius 2 is 2.05 bits per heavy atom. The molecule has 0 bridgehead atoms. The monoisotopic (exact) mass is 296 g/mol. The number of rotatable bonds is 4. The normalized spacial score (nSPS) is 14.4. The summed E-state index contributed by atoms with van der Waals surface area (Å²) in [5, 5.41) is 8.65. The van der Waals surface area contributed by atoms with Crippen LogP contribution in [0.25, 0.3) is 11.0 Å². The summed E-state index contributed by atoms with van der Waals surface area (Å²) >= 11 is 0. The molecule has 5 nitrogen and oxygen atoms in total. The minimum Gasteiger partial charge on any atom is -0.454 e. The molecule has 2 heterocycles. The van der Waals surface area contributed by atoms with Gasteiger partial charge in [-0.25, -0.2) is 0 Å². The van der Waals surface area contributed by atoms with E-state index in [4.69, 9.17) is 14.0 Å². The van der Waals surface area contributed by atoms with E-state index in [2.05, 4.69) is 17.4 Å². The van der Waals surface area contributed by atoms with Crippen LogP contribution in [0.5, 0.6) is 11.5 Å². The van der Waals surface area contributed by atoms with Crippen molar-refractivity contribution in [3.05, 3.63) is 53.7 Å². The second-order valence-corrected chi connectivity index (χ2v) is 5.31. The van der Waals surface area contributed by atoms with Crippen molar-refractivity contribution in [2.45, 2.75) is 19.5 Å². The first-order chi connectivity index (χ1) is 10.8. The first-order valence-corrected chi connectivity index (χ1v) is 7.28. The Balaban J connectivity index is 1.53. The average molecular weight is 296 g/mol. The summed E-state index contributed by atoms with van der Waals surface area (Å²) < 4.78 is 16.3. The number of ether oxygens (including phenoxy) is 2. The average Bonchev–Trinajstić information content (AvgIpc) is 3.19. The van der Waals surface area contributed by atoms with Gasteiger partial charge in [-0.05, 0) is 25.1 Å². The zero-order chi connectivity index (χ0) is 14.9. The molecule has 4 rings (SSSR count). The summed E-state index contributed by atoms with van der Waals surface area (Å²) in [5.74, 6) is 1.63. The van der Waals surface area contributed by atoms with Crippen molar-refractivity contribution < 1.29 is 14.0 Å². The Morgan fingerprint density at radius 3 is 3.00 bits per heavy atom. The van der Waals surface area contributed by atoms with E-state index in [0.717, 1.165) is 33.7 Å². The summed E-state index contributed by atoms with van der Waals surface area (Å²) in [6, 6.07) is 13.9. The van der Waals surface area contributed by atoms with Crippen molar-refractivity contribution in [3.8, 4) is 11.5 Å². The van der Waals surface area contributed by atoms with Gasteiger partial charge >= 0.3 is 0 Å². The number of nitrogens with zero attached hydrogens (tertiary/aromatic N) is 1. The number of benzene rings is 2. The van der Waals surface area contributed by atoms with Gasteiger partial charge in [0.15, 0.2) is 17.1 Å². The fourth-order valence-corrected chi connectivity index (χ4v) is 2.72. The predicted octanol–water partition coefficient (Wildman–Crippen LogP) is 3.41. The van der Waals surface area contributed by atoms with Crippen LogP contribution in [-0.4, -0.2) is 11.9 Å². The fraction of sp³-hybridized carbons (Fsp3) is 0.235. The van der Waals surface area contributed by atoms with Crippen LogP contribution in [0.2, 0.25) is 0 Å². The summed E-state index contributed by atoms with van der Waals surface area (Å²) in [6.45, 7) is 3.01. The van der Waals surface area contributed by atoms with Crippen molar-refractivity contribution in [2.75, 3.05) is 6.79 Å². The van der Waals surface area contributed by atoms with Gasteiger partial charge in [-0.1, -0.05) is 29.4 Å². The predicted molar refractivity (Wildman–Crippen MR) is 81.8 cm³/mol. The van der Waals surface area contributed by atoms with Gasteiger partial charge in [-0.15, -0.1) is 0 Å². The minimum atomic E-state index is 0.118. The van der Waals surface area contributed by atoms with Crippen molar-refractivity contribution >= 4 is 11.0 Å². The lowest BCUT2D eigenvalue weighted by atomic mass is 10.1. The smallest absolute Gasteiger partial charge is 0.231 e. The van der Waals surface area contributed by atoms with Gasteiger partial charge in [0.05, 0.1) is 0 Å². The van der Waals surface area contributed by atoms with Crippen LogP contribution in [0, 0.1) is 0 Å². The van der Waals surface area contributed by atoms with E-state index >= 15 is 0 Å². The Labute approximate surface area is 127 Å². The third-order valence-corrected chi connectivity index (χ3v) is 3.92. The van der Waals surface area contributed by atoms with Gasteiger partial charge in [0.2, 0.25) is 6.79 Å². The zero-order valence-corrected chi connectivity index (χ0v) is 12.2. The van der Waals surface area contributed by atoms with E-state index in [1.165, 1.54) is 0 Å². The topological polar surface area (TPSA) is 56.5 Å². The Kier molecular flexibility index (Phi) is 3.20. The molecule has 22 heavy (non-hydrogen) atoms. The summed E-state index contributed by atoms with van der Waals surface area (Å²) in [6.07, 6.45) is 0. The van der Waals surface area contributed by atoms with Gasteiger partial charge in [-0.2, -0.15) is 0 Å². The number of hydrogen-bond donors (Lipinski definition) is 1. The van der Waals surface area contributed by atoms with Crippen LogP contribution in [0.15, 0.2) is 47.0 Å². The van der Waals surface area contributed by atoms with Gasteiger partial charge in [0, 0.05) is 23.5 Å². The molecule has 1 unspecified atom stereocenters. The molecule has 0 fully saturated rings. The van der Waals surface area contributed by atoms with Crippen LogP contribution < -0.4 is 14.8 Å². The van der Waals surface area contributed by atoms with E-state index in [0.29, 0.717) is 6.54 Å². The van der Waals surface area contributed by atoms with Crippen LogP contribution >= 0.6 is 0 Å². The second kappa shape index (κ2) is 5.35. The molecule has 112 valence electrons. The van der Waals surface area contributed by atoms with Gasteiger partial charge in [-0.3, -0.25) is 0 Å². The number of hydrogen-bond acceptors (Lipinski definition) is 5. The molecular formula is C17H16N2O3. The van der Waals surface area contributed by atoms with Crippen LogP contribution in [0.3, 0.4) is 0 Å². The van der Waals surface area contributed by atoms with Crippen LogP contribution in [0.4, 0.5) is 0 Å². The maximum absolute atomic E-state index is 5.56. The zero-order valence-electron chi connectivity index (χ0n) is 12.2. The Morgan fingerprint density at radius 1 is 1.14 bits per heavy atom. The SMILES string of the molecule is CC(NCc1noc2ccccc12)c1cccc2c1OCO2. The highest BCUT2D eigenvalue weighted by Crippen LogP contribution is 2.38. The van der Waals surface area contributed by atoms with Crippen molar-refractivity contribution in [3.63, 3.8) is 0 Å². The number of nitrogens with one attached hydrogen (secondary N) is 1. The lowest BCUT2D eigenvalue weighted by Crippen LogP contribution is -2.18. The molecule has 0 spiro atoms. The second-order valence-electron chi connectivity index (χ2n) is 5.31. The molecule has 3 aromatic rings. The third-order valence-electron chi connectivity index (χ3n) is 3.92. The van der Waals surface area contributed by atoms with Gasteiger partial charge in [0.1, 0.15) is 5.69 Å². The highest BCUT2D eigenvalue weighted by molar-refractivity contribution is 5.79. The quantitative estimate of drug-likeness (QED) is 0.799. The number of para-hydroxylation sites is 2. The summed E-state index contributed by atoms with van der Waals surface area (Å²) in [5.41, 5.74) is 2.80. The molecule has 1 N–H and O–H groups in total. The fourth-order valence-electron chi connectivity index (χ4n) is 2.72. The molecular weight excluding hydrogens is 280 g/mol. The Hall–Kier alpha value is -2.53. The third kappa shape index (κ3) is 2.19. The molecule has 0 aliphatic carbocycles. The van der Waals surface area contributed by atoms with Gasteiger partial charge in [0.25, 0.3) is 0 Å². The molecule has 1 aliphatic heterocycles. The lowest BCUT2D eigenvalue weighted by Gasteiger charge is -2.15.